The Morgan fingerprint density at radius 3 is 2.78 bits per heavy atom. The number of thiophene rings is 1. The molecule has 0 unspecified atom stereocenters. The molecule has 1 N–H and O–H groups in total. The molecule has 92 valence electrons. The van der Waals surface area contributed by atoms with Crippen LogP contribution in [0.4, 0.5) is 4.39 Å². The maximum absolute atomic E-state index is 13.3. The number of amides is 1. The molecule has 0 atom stereocenters. The smallest absolute Gasteiger partial charge is 0.267 e. The molecule has 0 bridgehead atoms. The van der Waals surface area contributed by atoms with E-state index < -0.39 is 11.7 Å². The van der Waals surface area contributed by atoms with Gasteiger partial charge in [0.2, 0.25) is 0 Å². The van der Waals surface area contributed by atoms with E-state index in [2.05, 4.69) is 26.5 Å². The first-order chi connectivity index (χ1) is 8.66. The number of nitrogens with zero attached hydrogens (tertiary/aromatic N) is 1. The van der Waals surface area contributed by atoms with Crippen LogP contribution >= 0.6 is 27.3 Å². The highest BCUT2D eigenvalue weighted by Crippen LogP contribution is 2.20. The van der Waals surface area contributed by atoms with Crippen LogP contribution in [0.5, 0.6) is 0 Å². The fourth-order valence-corrected chi connectivity index (χ4v) is 2.55. The van der Waals surface area contributed by atoms with Crippen molar-refractivity contribution < 1.29 is 9.18 Å². The quantitative estimate of drug-likeness (QED) is 0.681. The van der Waals surface area contributed by atoms with Gasteiger partial charge in [-0.25, -0.2) is 9.82 Å². The van der Waals surface area contributed by atoms with Crippen LogP contribution in [-0.2, 0) is 0 Å². The molecule has 6 heteroatoms. The lowest BCUT2D eigenvalue weighted by atomic mass is 10.2. The van der Waals surface area contributed by atoms with Crippen LogP contribution in [0.1, 0.15) is 15.2 Å². The first-order valence-corrected chi connectivity index (χ1v) is 6.61. The van der Waals surface area contributed by atoms with Crippen molar-refractivity contribution in [1.82, 2.24) is 5.43 Å². The summed E-state index contributed by atoms with van der Waals surface area (Å²) < 4.78 is 14.3. The van der Waals surface area contributed by atoms with Crippen molar-refractivity contribution in [2.45, 2.75) is 0 Å². The summed E-state index contributed by atoms with van der Waals surface area (Å²) in [6, 6.07) is 9.49. The van der Waals surface area contributed by atoms with Crippen LogP contribution in [0, 0.1) is 5.82 Å². The summed E-state index contributed by atoms with van der Waals surface area (Å²) in [4.78, 5) is 12.5. The van der Waals surface area contributed by atoms with Crippen molar-refractivity contribution in [3.63, 3.8) is 0 Å². The number of rotatable bonds is 3. The third-order valence-corrected chi connectivity index (χ3v) is 3.63. The van der Waals surface area contributed by atoms with Crippen molar-refractivity contribution in [3.05, 3.63) is 56.4 Å². The highest BCUT2D eigenvalue weighted by atomic mass is 79.9. The topological polar surface area (TPSA) is 41.5 Å². The van der Waals surface area contributed by atoms with Crippen LogP contribution in [0.25, 0.3) is 0 Å². The van der Waals surface area contributed by atoms with Crippen molar-refractivity contribution in [1.29, 1.82) is 0 Å². The van der Waals surface area contributed by atoms with Gasteiger partial charge < -0.3 is 0 Å². The lowest BCUT2D eigenvalue weighted by molar-refractivity contribution is 0.0951. The maximum Gasteiger partial charge on any atom is 0.274 e. The molecule has 0 saturated carbocycles. The van der Waals surface area contributed by atoms with E-state index in [0.717, 1.165) is 8.66 Å². The van der Waals surface area contributed by atoms with Crippen LogP contribution in [0.3, 0.4) is 0 Å². The lowest BCUT2D eigenvalue weighted by Crippen LogP contribution is -2.18. The van der Waals surface area contributed by atoms with E-state index >= 15 is 0 Å². The molecule has 0 aliphatic rings. The average Bonchev–Trinajstić information content (AvgIpc) is 2.75. The molecule has 0 spiro atoms. The molecule has 2 rings (SSSR count). The Kier molecular flexibility index (Phi) is 4.22. The van der Waals surface area contributed by atoms with Gasteiger partial charge in [-0.1, -0.05) is 12.1 Å². The summed E-state index contributed by atoms with van der Waals surface area (Å²) in [6.07, 6.45) is 1.51. The Morgan fingerprint density at radius 2 is 2.11 bits per heavy atom. The second-order valence-corrected chi connectivity index (χ2v) is 5.82. The van der Waals surface area contributed by atoms with Crippen LogP contribution in [0.2, 0.25) is 0 Å². The van der Waals surface area contributed by atoms with Gasteiger partial charge in [0, 0.05) is 4.88 Å². The van der Waals surface area contributed by atoms with E-state index in [1.807, 2.05) is 12.1 Å². The molecule has 18 heavy (non-hydrogen) atoms. The van der Waals surface area contributed by atoms with Gasteiger partial charge in [-0.2, -0.15) is 5.10 Å². The third-order valence-electron chi connectivity index (χ3n) is 2.07. The van der Waals surface area contributed by atoms with Crippen LogP contribution in [-0.4, -0.2) is 12.1 Å². The first-order valence-electron chi connectivity index (χ1n) is 5.00. The second-order valence-electron chi connectivity index (χ2n) is 3.32. The molecule has 2 aromatic rings. The normalized spacial score (nSPS) is 10.8. The number of nitrogens with one attached hydrogen (secondary N) is 1. The Bertz CT molecular complexity index is 597. The fourth-order valence-electron chi connectivity index (χ4n) is 1.26. The second kappa shape index (κ2) is 5.88. The largest absolute Gasteiger partial charge is 0.274 e. The van der Waals surface area contributed by atoms with Gasteiger partial charge in [0.15, 0.2) is 0 Å². The highest BCUT2D eigenvalue weighted by Gasteiger charge is 2.08. The number of hydrazone groups is 1. The monoisotopic (exact) mass is 326 g/mol. The summed E-state index contributed by atoms with van der Waals surface area (Å²) in [7, 11) is 0. The van der Waals surface area contributed by atoms with Crippen molar-refractivity contribution >= 4 is 39.4 Å². The predicted molar refractivity (Wildman–Crippen MR) is 73.5 cm³/mol. The van der Waals surface area contributed by atoms with E-state index in [9.17, 15) is 9.18 Å². The maximum atomic E-state index is 13.3. The average molecular weight is 327 g/mol. The molecule has 0 radical (unpaired) electrons. The molecule has 0 aliphatic carbocycles. The number of carbonyl (C=O) groups is 1. The Balaban J connectivity index is 2.01. The van der Waals surface area contributed by atoms with Gasteiger partial charge >= 0.3 is 0 Å². The fraction of sp³-hybridized carbons (Fsp3) is 0. The molecular weight excluding hydrogens is 319 g/mol. The zero-order chi connectivity index (χ0) is 13.0. The number of hydrogen-bond donors (Lipinski definition) is 1. The van der Waals surface area contributed by atoms with Crippen molar-refractivity contribution in [2.75, 3.05) is 0 Å². The van der Waals surface area contributed by atoms with Crippen molar-refractivity contribution in [2.24, 2.45) is 5.10 Å². The number of benzene rings is 1. The predicted octanol–water partition coefficient (Wildman–Crippen LogP) is 3.41. The van der Waals surface area contributed by atoms with Gasteiger partial charge in [0.1, 0.15) is 5.82 Å². The summed E-state index contributed by atoms with van der Waals surface area (Å²) in [6.45, 7) is 0. The molecule has 0 fully saturated rings. The molecule has 1 amide bonds. The standard InChI is InChI=1S/C12H8BrFN2OS/c13-11-6-5-8(18-11)7-15-16-12(17)9-3-1-2-4-10(9)14/h1-7H,(H,16,17)/b15-7+. The van der Waals surface area contributed by atoms with Gasteiger partial charge in [-0.3, -0.25) is 4.79 Å². The van der Waals surface area contributed by atoms with Gasteiger partial charge in [0.05, 0.1) is 15.6 Å². The van der Waals surface area contributed by atoms with Crippen LogP contribution < -0.4 is 5.43 Å². The van der Waals surface area contributed by atoms with Gasteiger partial charge in [0.25, 0.3) is 5.91 Å². The minimum Gasteiger partial charge on any atom is -0.267 e. The minimum atomic E-state index is -0.569. The van der Waals surface area contributed by atoms with Gasteiger partial charge in [-0.05, 0) is 40.2 Å². The van der Waals surface area contributed by atoms with E-state index in [0.29, 0.717) is 0 Å². The molecule has 3 nitrogen and oxygen atoms in total. The summed E-state index contributed by atoms with van der Waals surface area (Å²) in [5.41, 5.74) is 2.25. The molecule has 1 aromatic heterocycles. The Morgan fingerprint density at radius 1 is 1.33 bits per heavy atom. The van der Waals surface area contributed by atoms with Crippen LogP contribution in [0.15, 0.2) is 45.3 Å². The first kappa shape index (κ1) is 12.9. The summed E-state index contributed by atoms with van der Waals surface area (Å²) in [5, 5.41) is 3.77. The highest BCUT2D eigenvalue weighted by molar-refractivity contribution is 9.11. The lowest BCUT2D eigenvalue weighted by Gasteiger charge is -2.00. The number of hydrogen-bond acceptors (Lipinski definition) is 3. The van der Waals surface area contributed by atoms with Crippen molar-refractivity contribution in [3.8, 4) is 0 Å². The zero-order valence-electron chi connectivity index (χ0n) is 9.06. The molecule has 1 aromatic carbocycles. The van der Waals surface area contributed by atoms with Gasteiger partial charge in [-0.15, -0.1) is 11.3 Å². The third kappa shape index (κ3) is 3.24. The summed E-state index contributed by atoms with van der Waals surface area (Å²) in [5.74, 6) is -1.14. The number of carbonyl (C=O) groups excluding carboxylic acids is 1. The molecule has 1 heterocycles. The SMILES string of the molecule is O=C(N/N=C/c1ccc(Br)s1)c1ccccc1F. The molecule has 0 saturated heterocycles. The zero-order valence-corrected chi connectivity index (χ0v) is 11.5. The molecular formula is C12H8BrFN2OS. The summed E-state index contributed by atoms with van der Waals surface area (Å²) >= 11 is 4.80. The van der Waals surface area contributed by atoms with E-state index in [4.69, 9.17) is 0 Å². The Hall–Kier alpha value is -1.53. The van der Waals surface area contributed by atoms with E-state index in [-0.39, 0.29) is 5.56 Å². The van der Waals surface area contributed by atoms with E-state index in [1.54, 1.807) is 6.07 Å². The van der Waals surface area contributed by atoms with E-state index in [1.165, 1.54) is 35.8 Å². The Labute approximate surface area is 115 Å². The minimum absolute atomic E-state index is 0.0259. The molecule has 0 aliphatic heterocycles. The number of halogens is 2.